The molecule has 0 radical (unpaired) electrons. The molecule has 3 heterocycles. The Morgan fingerprint density at radius 2 is 2.17 bits per heavy atom. The maximum Gasteiger partial charge on any atom is 0.258 e. The van der Waals surface area contributed by atoms with Crippen molar-refractivity contribution in [3.63, 3.8) is 0 Å². The summed E-state index contributed by atoms with van der Waals surface area (Å²) < 4.78 is 5.31. The standard InChI is InChI=1S/C17H22N4O2/c1-12(2)17(22)21-11-3-4-14(21)5-6-15-19-16(23-20-15)13-7-9-18-10-8-13/h7-10,12,14H,3-6,11H2,1-2H3. The van der Waals surface area contributed by atoms with Crippen molar-refractivity contribution in [2.45, 2.75) is 45.6 Å². The SMILES string of the molecule is CC(C)C(=O)N1CCCC1CCc1noc(-c2ccncc2)n1. The summed E-state index contributed by atoms with van der Waals surface area (Å²) in [6.07, 6.45) is 7.15. The average Bonchev–Trinajstić information content (AvgIpc) is 3.22. The van der Waals surface area contributed by atoms with Gasteiger partial charge in [-0.15, -0.1) is 0 Å². The quantitative estimate of drug-likeness (QED) is 0.848. The van der Waals surface area contributed by atoms with Crippen LogP contribution < -0.4 is 0 Å². The molecule has 1 atom stereocenters. The Balaban J connectivity index is 1.60. The Labute approximate surface area is 135 Å². The van der Waals surface area contributed by atoms with Gasteiger partial charge in [-0.05, 0) is 31.4 Å². The molecule has 0 aliphatic carbocycles. The number of nitrogens with zero attached hydrogens (tertiary/aromatic N) is 4. The Kier molecular flexibility index (Phi) is 4.69. The number of aromatic nitrogens is 3. The first-order chi connectivity index (χ1) is 11.1. The molecule has 6 heteroatoms. The molecule has 23 heavy (non-hydrogen) atoms. The van der Waals surface area contributed by atoms with Crippen LogP contribution in [0.3, 0.4) is 0 Å². The number of pyridine rings is 1. The molecule has 3 rings (SSSR count). The lowest BCUT2D eigenvalue weighted by Crippen LogP contribution is -2.38. The lowest BCUT2D eigenvalue weighted by atomic mass is 10.1. The predicted octanol–water partition coefficient (Wildman–Crippen LogP) is 2.71. The normalized spacial score (nSPS) is 17.9. The van der Waals surface area contributed by atoms with Gasteiger partial charge in [-0.2, -0.15) is 4.98 Å². The van der Waals surface area contributed by atoms with E-state index in [9.17, 15) is 4.79 Å². The smallest absolute Gasteiger partial charge is 0.258 e. The predicted molar refractivity (Wildman–Crippen MR) is 85.4 cm³/mol. The highest BCUT2D eigenvalue weighted by atomic mass is 16.5. The lowest BCUT2D eigenvalue weighted by molar-refractivity contribution is -0.135. The molecule has 0 aromatic carbocycles. The number of aryl methyl sites for hydroxylation is 1. The van der Waals surface area contributed by atoms with Crippen molar-refractivity contribution in [3.8, 4) is 11.5 Å². The summed E-state index contributed by atoms with van der Waals surface area (Å²) in [7, 11) is 0. The number of likely N-dealkylation sites (tertiary alicyclic amines) is 1. The number of hydrogen-bond acceptors (Lipinski definition) is 5. The molecule has 1 saturated heterocycles. The van der Waals surface area contributed by atoms with E-state index < -0.39 is 0 Å². The summed E-state index contributed by atoms with van der Waals surface area (Å²) in [5.74, 6) is 1.52. The summed E-state index contributed by atoms with van der Waals surface area (Å²) >= 11 is 0. The molecule has 1 aliphatic heterocycles. The number of amides is 1. The van der Waals surface area contributed by atoms with E-state index in [0.29, 0.717) is 17.8 Å². The number of carbonyl (C=O) groups is 1. The Hall–Kier alpha value is -2.24. The molecule has 0 saturated carbocycles. The largest absolute Gasteiger partial charge is 0.339 e. The maximum absolute atomic E-state index is 12.2. The van der Waals surface area contributed by atoms with Crippen LogP contribution >= 0.6 is 0 Å². The second-order valence-corrected chi connectivity index (χ2v) is 6.27. The Morgan fingerprint density at radius 3 is 2.91 bits per heavy atom. The first-order valence-electron chi connectivity index (χ1n) is 8.18. The molecule has 0 spiro atoms. The van der Waals surface area contributed by atoms with Gasteiger partial charge in [-0.3, -0.25) is 9.78 Å². The van der Waals surface area contributed by atoms with Crippen molar-refractivity contribution in [1.82, 2.24) is 20.0 Å². The lowest BCUT2D eigenvalue weighted by Gasteiger charge is -2.26. The van der Waals surface area contributed by atoms with E-state index in [0.717, 1.165) is 37.8 Å². The Bertz CT molecular complexity index is 654. The van der Waals surface area contributed by atoms with Gasteiger partial charge < -0.3 is 9.42 Å². The zero-order valence-electron chi connectivity index (χ0n) is 13.6. The average molecular weight is 314 g/mol. The molecular formula is C17H22N4O2. The highest BCUT2D eigenvalue weighted by Gasteiger charge is 2.29. The van der Waals surface area contributed by atoms with Gasteiger partial charge in [-0.25, -0.2) is 0 Å². The molecule has 1 aliphatic rings. The molecule has 0 N–H and O–H groups in total. The maximum atomic E-state index is 12.2. The van der Waals surface area contributed by atoms with Crippen molar-refractivity contribution in [1.29, 1.82) is 0 Å². The van der Waals surface area contributed by atoms with Crippen LogP contribution in [0, 0.1) is 5.92 Å². The van der Waals surface area contributed by atoms with Crippen molar-refractivity contribution < 1.29 is 9.32 Å². The van der Waals surface area contributed by atoms with E-state index in [2.05, 4.69) is 15.1 Å². The first-order valence-corrected chi connectivity index (χ1v) is 8.18. The molecule has 1 amide bonds. The fourth-order valence-corrected chi connectivity index (χ4v) is 3.02. The van der Waals surface area contributed by atoms with Crippen LogP contribution in [0.2, 0.25) is 0 Å². The molecule has 1 unspecified atom stereocenters. The highest BCUT2D eigenvalue weighted by molar-refractivity contribution is 5.78. The van der Waals surface area contributed by atoms with Gasteiger partial charge >= 0.3 is 0 Å². The van der Waals surface area contributed by atoms with Crippen LogP contribution in [0.5, 0.6) is 0 Å². The number of rotatable bonds is 5. The van der Waals surface area contributed by atoms with E-state index in [1.54, 1.807) is 12.4 Å². The van der Waals surface area contributed by atoms with Crippen molar-refractivity contribution in [2.24, 2.45) is 5.92 Å². The van der Waals surface area contributed by atoms with Crippen LogP contribution in [0.15, 0.2) is 29.0 Å². The van der Waals surface area contributed by atoms with Gasteiger partial charge in [0, 0.05) is 42.9 Å². The van der Waals surface area contributed by atoms with Gasteiger partial charge in [0.05, 0.1) is 0 Å². The van der Waals surface area contributed by atoms with Gasteiger partial charge in [0.15, 0.2) is 5.82 Å². The van der Waals surface area contributed by atoms with E-state index in [1.807, 2.05) is 30.9 Å². The van der Waals surface area contributed by atoms with Crippen LogP contribution in [0.1, 0.15) is 38.9 Å². The zero-order chi connectivity index (χ0) is 16.2. The fraction of sp³-hybridized carbons (Fsp3) is 0.529. The van der Waals surface area contributed by atoms with Crippen LogP contribution in [-0.2, 0) is 11.2 Å². The second-order valence-electron chi connectivity index (χ2n) is 6.27. The third-order valence-electron chi connectivity index (χ3n) is 4.25. The molecule has 2 aromatic rings. The summed E-state index contributed by atoms with van der Waals surface area (Å²) in [6, 6.07) is 3.99. The molecule has 6 nitrogen and oxygen atoms in total. The van der Waals surface area contributed by atoms with E-state index in [4.69, 9.17) is 4.52 Å². The van der Waals surface area contributed by atoms with Crippen LogP contribution in [-0.4, -0.2) is 38.5 Å². The third kappa shape index (κ3) is 3.57. The monoisotopic (exact) mass is 314 g/mol. The molecule has 2 aromatic heterocycles. The number of hydrogen-bond donors (Lipinski definition) is 0. The van der Waals surface area contributed by atoms with Gasteiger partial charge in [0.25, 0.3) is 5.89 Å². The molecule has 122 valence electrons. The summed E-state index contributed by atoms with van der Waals surface area (Å²) in [6.45, 7) is 4.78. The molecule has 1 fully saturated rings. The van der Waals surface area contributed by atoms with Gasteiger partial charge in [0.1, 0.15) is 0 Å². The van der Waals surface area contributed by atoms with Crippen LogP contribution in [0.4, 0.5) is 0 Å². The van der Waals surface area contributed by atoms with Crippen molar-refractivity contribution >= 4 is 5.91 Å². The molecule has 0 bridgehead atoms. The summed E-state index contributed by atoms with van der Waals surface area (Å²) in [5, 5.41) is 4.05. The minimum Gasteiger partial charge on any atom is -0.339 e. The van der Waals surface area contributed by atoms with E-state index in [-0.39, 0.29) is 11.8 Å². The third-order valence-corrected chi connectivity index (χ3v) is 4.25. The number of carbonyl (C=O) groups excluding carboxylic acids is 1. The second kappa shape index (κ2) is 6.89. The highest BCUT2D eigenvalue weighted by Crippen LogP contribution is 2.24. The topological polar surface area (TPSA) is 72.1 Å². The van der Waals surface area contributed by atoms with E-state index in [1.165, 1.54) is 0 Å². The minimum absolute atomic E-state index is 0.0547. The van der Waals surface area contributed by atoms with Crippen molar-refractivity contribution in [2.75, 3.05) is 6.54 Å². The zero-order valence-corrected chi connectivity index (χ0v) is 13.6. The summed E-state index contributed by atoms with van der Waals surface area (Å²) in [4.78, 5) is 22.7. The van der Waals surface area contributed by atoms with Gasteiger partial charge in [-0.1, -0.05) is 19.0 Å². The van der Waals surface area contributed by atoms with Crippen molar-refractivity contribution in [3.05, 3.63) is 30.4 Å². The van der Waals surface area contributed by atoms with Gasteiger partial charge in [0.2, 0.25) is 5.91 Å². The Morgan fingerprint density at radius 1 is 1.39 bits per heavy atom. The summed E-state index contributed by atoms with van der Waals surface area (Å²) in [5.41, 5.74) is 0.872. The molecular weight excluding hydrogens is 292 g/mol. The first kappa shape index (κ1) is 15.6. The fourth-order valence-electron chi connectivity index (χ4n) is 3.02. The van der Waals surface area contributed by atoms with E-state index >= 15 is 0 Å². The minimum atomic E-state index is 0.0547. The van der Waals surface area contributed by atoms with Crippen LogP contribution in [0.25, 0.3) is 11.5 Å².